The molecule has 0 aliphatic heterocycles. The zero-order valence-corrected chi connectivity index (χ0v) is 18.5. The van der Waals surface area contributed by atoms with Crippen molar-refractivity contribution in [3.05, 3.63) is 76.9 Å². The van der Waals surface area contributed by atoms with Gasteiger partial charge >= 0.3 is 0 Å². The minimum Gasteiger partial charge on any atom is -0.289 e. The lowest BCUT2D eigenvalue weighted by Crippen LogP contribution is -1.96. The highest BCUT2D eigenvalue weighted by atomic mass is 16.1. The number of carbonyl (C=O) groups excluding carboxylic acids is 1. The summed E-state index contributed by atoms with van der Waals surface area (Å²) < 4.78 is 0. The Morgan fingerprint density at radius 1 is 0.793 bits per heavy atom. The molecule has 0 amide bonds. The number of benzene rings is 2. The first-order valence-corrected chi connectivity index (χ1v) is 11.6. The third-order valence-corrected chi connectivity index (χ3v) is 5.54. The van der Waals surface area contributed by atoms with Crippen LogP contribution in [0.1, 0.15) is 98.2 Å². The van der Waals surface area contributed by atoms with Crippen molar-refractivity contribution in [1.82, 2.24) is 0 Å². The topological polar surface area (TPSA) is 17.1 Å². The van der Waals surface area contributed by atoms with Gasteiger partial charge in [0.15, 0.2) is 5.78 Å². The van der Waals surface area contributed by atoms with E-state index in [2.05, 4.69) is 38.1 Å². The highest BCUT2D eigenvalue weighted by Crippen LogP contribution is 2.14. The van der Waals surface area contributed by atoms with Crippen LogP contribution in [0.5, 0.6) is 0 Å². The minimum atomic E-state index is 0.0792. The standard InChI is InChI=1S/C28H38O/c1-3-4-5-6-7-8-9-10-11-12-14-26-15-13-16-27(23-26)28(29)22-21-25-19-17-24(2)18-20-25/h13,15-23H,3-12,14H2,1-2H3. The summed E-state index contributed by atoms with van der Waals surface area (Å²) in [6.07, 6.45) is 18.2. The van der Waals surface area contributed by atoms with Crippen molar-refractivity contribution >= 4 is 11.9 Å². The molecule has 2 rings (SSSR count). The van der Waals surface area contributed by atoms with E-state index in [9.17, 15) is 4.79 Å². The second kappa shape index (κ2) is 13.9. The highest BCUT2D eigenvalue weighted by molar-refractivity contribution is 6.06. The Balaban J connectivity index is 1.68. The van der Waals surface area contributed by atoms with Crippen LogP contribution in [0.2, 0.25) is 0 Å². The summed E-state index contributed by atoms with van der Waals surface area (Å²) in [5.41, 5.74) is 4.36. The van der Waals surface area contributed by atoms with Crippen molar-refractivity contribution in [1.29, 1.82) is 0 Å². The second-order valence-electron chi connectivity index (χ2n) is 8.24. The Morgan fingerprint density at radius 2 is 1.41 bits per heavy atom. The molecule has 2 aromatic carbocycles. The van der Waals surface area contributed by atoms with E-state index >= 15 is 0 Å². The molecule has 0 radical (unpaired) electrons. The lowest BCUT2D eigenvalue weighted by Gasteiger charge is -2.05. The van der Waals surface area contributed by atoms with E-state index in [4.69, 9.17) is 0 Å². The van der Waals surface area contributed by atoms with Gasteiger partial charge in [-0.3, -0.25) is 4.79 Å². The fraction of sp³-hybridized carbons (Fsp3) is 0.464. The highest BCUT2D eigenvalue weighted by Gasteiger charge is 2.03. The maximum absolute atomic E-state index is 12.5. The average molecular weight is 391 g/mol. The Hall–Kier alpha value is -2.15. The molecule has 0 aromatic heterocycles. The fourth-order valence-corrected chi connectivity index (χ4v) is 3.64. The van der Waals surface area contributed by atoms with Gasteiger partial charge < -0.3 is 0 Å². The number of hydrogen-bond acceptors (Lipinski definition) is 1. The molecule has 2 aromatic rings. The molecule has 29 heavy (non-hydrogen) atoms. The van der Waals surface area contributed by atoms with E-state index in [1.165, 1.54) is 75.3 Å². The van der Waals surface area contributed by atoms with Crippen LogP contribution in [-0.2, 0) is 6.42 Å². The lowest BCUT2D eigenvalue weighted by atomic mass is 10.0. The van der Waals surface area contributed by atoms with Crippen molar-refractivity contribution in [3.63, 3.8) is 0 Å². The zero-order valence-electron chi connectivity index (χ0n) is 18.5. The van der Waals surface area contributed by atoms with Gasteiger partial charge in [-0.1, -0.05) is 119 Å². The van der Waals surface area contributed by atoms with Crippen LogP contribution in [-0.4, -0.2) is 5.78 Å². The molecule has 0 heterocycles. The van der Waals surface area contributed by atoms with Crippen LogP contribution in [0.3, 0.4) is 0 Å². The van der Waals surface area contributed by atoms with Gasteiger partial charge in [0, 0.05) is 5.56 Å². The summed E-state index contributed by atoms with van der Waals surface area (Å²) in [6.45, 7) is 4.34. The Kier molecular flexibility index (Phi) is 11.1. The van der Waals surface area contributed by atoms with Gasteiger partial charge in [0.1, 0.15) is 0 Å². The van der Waals surface area contributed by atoms with Gasteiger partial charge in [-0.2, -0.15) is 0 Å². The number of unbranched alkanes of at least 4 members (excludes halogenated alkanes) is 9. The third-order valence-electron chi connectivity index (χ3n) is 5.54. The molecule has 0 fully saturated rings. The number of allylic oxidation sites excluding steroid dienone is 1. The minimum absolute atomic E-state index is 0.0792. The fourth-order valence-electron chi connectivity index (χ4n) is 3.64. The summed E-state index contributed by atoms with van der Waals surface area (Å²) in [5, 5.41) is 0. The summed E-state index contributed by atoms with van der Waals surface area (Å²) in [5.74, 6) is 0.0792. The summed E-state index contributed by atoms with van der Waals surface area (Å²) in [4.78, 5) is 12.5. The number of hydrogen-bond donors (Lipinski definition) is 0. The van der Waals surface area contributed by atoms with Crippen LogP contribution in [0.15, 0.2) is 54.6 Å². The second-order valence-corrected chi connectivity index (χ2v) is 8.24. The quantitative estimate of drug-likeness (QED) is 0.180. The van der Waals surface area contributed by atoms with E-state index < -0.39 is 0 Å². The molecular formula is C28H38O. The number of ketones is 1. The lowest BCUT2D eigenvalue weighted by molar-refractivity contribution is 0.104. The molecule has 156 valence electrons. The maximum atomic E-state index is 12.5. The van der Waals surface area contributed by atoms with E-state index in [-0.39, 0.29) is 5.78 Å². The largest absolute Gasteiger partial charge is 0.289 e. The predicted octanol–water partition coefficient (Wildman–Crippen LogP) is 8.35. The molecule has 0 atom stereocenters. The monoisotopic (exact) mass is 390 g/mol. The van der Waals surface area contributed by atoms with Crippen molar-refractivity contribution < 1.29 is 4.79 Å². The van der Waals surface area contributed by atoms with E-state index in [1.807, 2.05) is 30.3 Å². The maximum Gasteiger partial charge on any atom is 0.185 e. The van der Waals surface area contributed by atoms with Crippen LogP contribution in [0.25, 0.3) is 6.08 Å². The van der Waals surface area contributed by atoms with E-state index in [0.29, 0.717) is 0 Å². The van der Waals surface area contributed by atoms with Crippen LogP contribution < -0.4 is 0 Å². The van der Waals surface area contributed by atoms with Crippen LogP contribution >= 0.6 is 0 Å². The smallest absolute Gasteiger partial charge is 0.185 e. The molecule has 0 unspecified atom stereocenters. The molecule has 0 aliphatic rings. The van der Waals surface area contributed by atoms with Gasteiger partial charge in [-0.15, -0.1) is 0 Å². The predicted molar refractivity (Wildman–Crippen MR) is 127 cm³/mol. The summed E-state index contributed by atoms with van der Waals surface area (Å²) >= 11 is 0. The van der Waals surface area contributed by atoms with Gasteiger partial charge in [0.25, 0.3) is 0 Å². The van der Waals surface area contributed by atoms with E-state index in [0.717, 1.165) is 17.5 Å². The molecule has 0 aliphatic carbocycles. The summed E-state index contributed by atoms with van der Waals surface area (Å²) in [7, 11) is 0. The Morgan fingerprint density at radius 3 is 2.07 bits per heavy atom. The molecule has 0 bridgehead atoms. The SMILES string of the molecule is CCCCCCCCCCCCc1cccc(C(=O)C=Cc2ccc(C)cc2)c1. The third kappa shape index (κ3) is 9.74. The van der Waals surface area contributed by atoms with Crippen molar-refractivity contribution in [2.24, 2.45) is 0 Å². The molecule has 1 nitrogen and oxygen atoms in total. The van der Waals surface area contributed by atoms with Gasteiger partial charge in [-0.25, -0.2) is 0 Å². The van der Waals surface area contributed by atoms with Crippen LogP contribution in [0, 0.1) is 6.92 Å². The van der Waals surface area contributed by atoms with Crippen LogP contribution in [0.4, 0.5) is 0 Å². The number of rotatable bonds is 14. The van der Waals surface area contributed by atoms with Gasteiger partial charge in [0.2, 0.25) is 0 Å². The van der Waals surface area contributed by atoms with Crippen molar-refractivity contribution in [3.8, 4) is 0 Å². The first kappa shape index (κ1) is 23.1. The van der Waals surface area contributed by atoms with E-state index in [1.54, 1.807) is 6.08 Å². The van der Waals surface area contributed by atoms with Gasteiger partial charge in [-0.05, 0) is 43.0 Å². The first-order valence-electron chi connectivity index (χ1n) is 11.6. The average Bonchev–Trinajstić information content (AvgIpc) is 2.74. The zero-order chi connectivity index (χ0) is 20.7. The Labute approximate surface area is 178 Å². The summed E-state index contributed by atoms with van der Waals surface area (Å²) in [6, 6.07) is 16.4. The number of carbonyl (C=O) groups is 1. The normalized spacial score (nSPS) is 11.2. The molecular weight excluding hydrogens is 352 g/mol. The molecule has 0 spiro atoms. The molecule has 1 heteroatoms. The van der Waals surface area contributed by atoms with Gasteiger partial charge in [0.05, 0.1) is 0 Å². The van der Waals surface area contributed by atoms with Crippen molar-refractivity contribution in [2.75, 3.05) is 0 Å². The Bertz CT molecular complexity index is 739. The van der Waals surface area contributed by atoms with Crippen molar-refractivity contribution in [2.45, 2.75) is 84.5 Å². The molecule has 0 saturated heterocycles. The number of aryl methyl sites for hydroxylation is 2. The molecule has 0 N–H and O–H groups in total. The first-order chi connectivity index (χ1) is 14.2. The molecule has 0 saturated carbocycles.